The number of aromatic nitrogens is 2. The molecule has 1 saturated heterocycles. The number of aliphatic hydroxyl groups is 1. The molecule has 190 valence electrons. The molecule has 2 heterocycles. The number of methoxy groups -OCH3 is 1. The third kappa shape index (κ3) is 7.58. The minimum atomic E-state index is -0.545. The quantitative estimate of drug-likeness (QED) is 0.195. The zero-order valence-corrected chi connectivity index (χ0v) is 20.8. The number of carbonyl (C=O) groups is 2. The maximum Gasteiger partial charge on any atom is 0.305 e. The molecule has 0 bridgehead atoms. The number of unbranched alkanes of at least 4 members (excludes halogenated alkanes) is 1. The Balaban J connectivity index is 1.75. The minimum Gasteiger partial charge on any atom is -0.469 e. The Bertz CT molecular complexity index is 1150. The average Bonchev–Trinajstić information content (AvgIpc) is 2.84. The second-order valence-corrected chi connectivity index (χ2v) is 9.17. The number of esters is 1. The summed E-state index contributed by atoms with van der Waals surface area (Å²) in [5.74, 6) is -0.606. The molecule has 35 heavy (non-hydrogen) atoms. The summed E-state index contributed by atoms with van der Waals surface area (Å²) in [7, 11) is 1.33. The van der Waals surface area contributed by atoms with Gasteiger partial charge >= 0.3 is 5.97 Å². The number of ether oxygens (including phenoxy) is 1. The predicted octanol–water partition coefficient (Wildman–Crippen LogP) is 2.07. The second-order valence-electron chi connectivity index (χ2n) is 8.77. The van der Waals surface area contributed by atoms with Crippen LogP contribution in [0.5, 0.6) is 0 Å². The van der Waals surface area contributed by atoms with Crippen LogP contribution in [0.2, 0.25) is 5.02 Å². The summed E-state index contributed by atoms with van der Waals surface area (Å²) in [5, 5.41) is 18.8. The van der Waals surface area contributed by atoms with Gasteiger partial charge in [-0.15, -0.1) is 0 Å². The lowest BCUT2D eigenvalue weighted by Gasteiger charge is -2.29. The van der Waals surface area contributed by atoms with Crippen molar-refractivity contribution in [3.63, 3.8) is 0 Å². The van der Waals surface area contributed by atoms with Crippen molar-refractivity contribution in [1.29, 1.82) is 0 Å². The Labute approximate surface area is 208 Å². The maximum atomic E-state index is 13.1. The number of nitrogens with one attached hydrogen (secondary N) is 2. The third-order valence-corrected chi connectivity index (χ3v) is 6.47. The van der Waals surface area contributed by atoms with Gasteiger partial charge in [-0.1, -0.05) is 11.6 Å². The molecule has 1 aliphatic heterocycles. The maximum absolute atomic E-state index is 13.1. The van der Waals surface area contributed by atoms with E-state index in [1.165, 1.54) is 18.0 Å². The monoisotopic (exact) mass is 505 g/mol. The van der Waals surface area contributed by atoms with Crippen molar-refractivity contribution in [3.8, 4) is 0 Å². The Hall–Kier alpha value is -2.82. The largest absolute Gasteiger partial charge is 0.469 e. The fraction of sp³-hybridized carbons (Fsp3) is 0.542. The number of fused-ring (bicyclic) bond motifs is 1. The average molecular weight is 506 g/mol. The van der Waals surface area contributed by atoms with Crippen LogP contribution in [0.25, 0.3) is 10.9 Å². The number of halogens is 1. The summed E-state index contributed by atoms with van der Waals surface area (Å²) < 4.78 is 6.02. The molecular weight excluding hydrogens is 474 g/mol. The lowest BCUT2D eigenvalue weighted by Crippen LogP contribution is -2.46. The van der Waals surface area contributed by atoms with Gasteiger partial charge in [0.15, 0.2) is 0 Å². The van der Waals surface area contributed by atoms with Gasteiger partial charge in [0.2, 0.25) is 5.91 Å². The molecule has 1 aliphatic rings. The zero-order valence-electron chi connectivity index (χ0n) is 20.1. The molecule has 0 spiro atoms. The fourth-order valence-electron chi connectivity index (χ4n) is 3.99. The van der Waals surface area contributed by atoms with Gasteiger partial charge in [-0.05, 0) is 56.8 Å². The first-order valence-corrected chi connectivity index (χ1v) is 12.1. The van der Waals surface area contributed by atoms with Crippen molar-refractivity contribution in [2.24, 2.45) is 5.10 Å². The number of piperidine rings is 1. The highest BCUT2D eigenvalue weighted by Gasteiger charge is 2.24. The fourth-order valence-corrected chi connectivity index (χ4v) is 4.15. The molecule has 0 aliphatic carbocycles. The Morgan fingerprint density at radius 1 is 1.34 bits per heavy atom. The Kier molecular flexibility index (Phi) is 9.76. The van der Waals surface area contributed by atoms with E-state index in [-0.39, 0.29) is 42.9 Å². The van der Waals surface area contributed by atoms with Crippen molar-refractivity contribution < 1.29 is 19.4 Å². The van der Waals surface area contributed by atoms with Crippen molar-refractivity contribution in [1.82, 2.24) is 20.3 Å². The number of hydrazone groups is 1. The lowest BCUT2D eigenvalue weighted by atomic mass is 9.96. The Morgan fingerprint density at radius 2 is 2.11 bits per heavy atom. The van der Waals surface area contributed by atoms with Crippen LogP contribution in [0.1, 0.15) is 50.5 Å². The van der Waals surface area contributed by atoms with Gasteiger partial charge < -0.3 is 15.2 Å². The second kappa shape index (κ2) is 12.8. The van der Waals surface area contributed by atoms with Crippen LogP contribution in [0, 0.1) is 6.92 Å². The molecule has 1 amide bonds. The molecule has 2 atom stereocenters. The molecule has 2 unspecified atom stereocenters. The number of aryl methyl sites for hydroxylation is 1. The molecule has 2 aromatic rings. The van der Waals surface area contributed by atoms with E-state index in [2.05, 4.69) is 25.6 Å². The highest BCUT2D eigenvalue weighted by molar-refractivity contribution is 6.32. The van der Waals surface area contributed by atoms with Crippen molar-refractivity contribution in [2.45, 2.75) is 70.6 Å². The smallest absolute Gasteiger partial charge is 0.305 e. The van der Waals surface area contributed by atoms with Gasteiger partial charge in [0, 0.05) is 30.3 Å². The molecule has 3 N–H and O–H groups in total. The summed E-state index contributed by atoms with van der Waals surface area (Å²) in [4.78, 5) is 41.0. The van der Waals surface area contributed by atoms with Crippen molar-refractivity contribution >= 4 is 40.1 Å². The normalized spacial score (nSPS) is 18.5. The number of aliphatic hydroxyl groups excluding tert-OH is 1. The van der Waals surface area contributed by atoms with E-state index in [0.29, 0.717) is 47.3 Å². The summed E-state index contributed by atoms with van der Waals surface area (Å²) in [6.45, 7) is 2.72. The first kappa shape index (κ1) is 26.8. The predicted molar refractivity (Wildman–Crippen MR) is 133 cm³/mol. The van der Waals surface area contributed by atoms with Gasteiger partial charge in [0.1, 0.15) is 0 Å². The minimum absolute atomic E-state index is 0.0980. The van der Waals surface area contributed by atoms with E-state index in [0.717, 1.165) is 18.5 Å². The number of rotatable bonds is 10. The molecule has 11 heteroatoms. The standard InChI is InChI=1S/C24H32ClN5O5/c1-15-10-19-17(12-18(15)25)24(34)30(14-27-19)13-16(11-20-21(31)6-5-9-26-20)28-29-22(32)7-3-4-8-23(33)35-2/h10,12,14,20-21,26,31H,3-9,11,13H2,1-2H3,(H,29,32). The van der Waals surface area contributed by atoms with Crippen LogP contribution < -0.4 is 16.3 Å². The van der Waals surface area contributed by atoms with E-state index >= 15 is 0 Å². The van der Waals surface area contributed by atoms with Gasteiger partial charge in [-0.2, -0.15) is 5.10 Å². The van der Waals surface area contributed by atoms with Crippen LogP contribution in [0.3, 0.4) is 0 Å². The molecule has 3 rings (SSSR count). The van der Waals surface area contributed by atoms with E-state index in [1.807, 2.05) is 6.92 Å². The first-order valence-electron chi connectivity index (χ1n) is 11.8. The van der Waals surface area contributed by atoms with Gasteiger partial charge in [-0.25, -0.2) is 10.4 Å². The molecule has 1 fully saturated rings. The molecular formula is C24H32ClN5O5. The summed E-state index contributed by atoms with van der Waals surface area (Å²) in [6.07, 6.45) is 4.32. The van der Waals surface area contributed by atoms with Gasteiger partial charge in [-0.3, -0.25) is 19.0 Å². The van der Waals surface area contributed by atoms with E-state index < -0.39 is 6.10 Å². The van der Waals surface area contributed by atoms with E-state index in [1.54, 1.807) is 12.1 Å². The van der Waals surface area contributed by atoms with Gasteiger partial charge in [0.05, 0.1) is 42.7 Å². The van der Waals surface area contributed by atoms with Crippen LogP contribution in [0.15, 0.2) is 28.4 Å². The zero-order chi connectivity index (χ0) is 25.4. The molecule has 1 aromatic heterocycles. The molecule has 1 aromatic carbocycles. The number of carbonyl (C=O) groups excluding carboxylic acids is 2. The lowest BCUT2D eigenvalue weighted by molar-refractivity contribution is -0.140. The number of amides is 1. The van der Waals surface area contributed by atoms with Crippen LogP contribution >= 0.6 is 11.6 Å². The van der Waals surface area contributed by atoms with Crippen LogP contribution in [-0.2, 0) is 20.9 Å². The summed E-state index contributed by atoms with van der Waals surface area (Å²) in [6, 6.07) is 3.14. The van der Waals surface area contributed by atoms with Crippen LogP contribution in [-0.4, -0.2) is 58.0 Å². The third-order valence-electron chi connectivity index (χ3n) is 6.06. The first-order chi connectivity index (χ1) is 16.8. The molecule has 0 saturated carbocycles. The molecule has 0 radical (unpaired) electrons. The highest BCUT2D eigenvalue weighted by atomic mass is 35.5. The SMILES string of the molecule is COC(=O)CCCCC(=O)NN=C(CC1NCCCC1O)Cn1cnc2cc(C)c(Cl)cc2c1=O. The van der Waals surface area contributed by atoms with Crippen LogP contribution in [0.4, 0.5) is 0 Å². The van der Waals surface area contributed by atoms with E-state index in [9.17, 15) is 19.5 Å². The highest BCUT2D eigenvalue weighted by Crippen LogP contribution is 2.20. The molecule has 10 nitrogen and oxygen atoms in total. The number of hydrogen-bond acceptors (Lipinski definition) is 8. The number of hydrogen-bond donors (Lipinski definition) is 3. The number of nitrogens with zero attached hydrogens (tertiary/aromatic N) is 3. The van der Waals surface area contributed by atoms with Crippen molar-refractivity contribution in [2.75, 3.05) is 13.7 Å². The summed E-state index contributed by atoms with van der Waals surface area (Å²) in [5.41, 5.74) is 4.19. The van der Waals surface area contributed by atoms with E-state index in [4.69, 9.17) is 11.6 Å². The topological polar surface area (TPSA) is 135 Å². The number of benzene rings is 1. The van der Waals surface area contributed by atoms with Gasteiger partial charge in [0.25, 0.3) is 5.56 Å². The summed E-state index contributed by atoms with van der Waals surface area (Å²) >= 11 is 6.22. The Morgan fingerprint density at radius 3 is 2.86 bits per heavy atom. The van der Waals surface area contributed by atoms with Crippen molar-refractivity contribution in [3.05, 3.63) is 39.4 Å².